The second kappa shape index (κ2) is 8.90. The fourth-order valence-electron chi connectivity index (χ4n) is 3.00. The van der Waals surface area contributed by atoms with E-state index in [-0.39, 0.29) is 5.91 Å². The molecule has 1 unspecified atom stereocenters. The van der Waals surface area contributed by atoms with Crippen molar-refractivity contribution < 1.29 is 14.7 Å². The van der Waals surface area contributed by atoms with E-state index >= 15 is 0 Å². The Labute approximate surface area is 128 Å². The smallest absolute Gasteiger partial charge is 0.408 e. The molecular formula is C16H30N2O3. The summed E-state index contributed by atoms with van der Waals surface area (Å²) in [6, 6.07) is 0. The second-order valence-electron chi connectivity index (χ2n) is 6.19. The van der Waals surface area contributed by atoms with Gasteiger partial charge in [0.25, 0.3) is 0 Å². The zero-order chi connectivity index (χ0) is 15.7. The van der Waals surface area contributed by atoms with Gasteiger partial charge in [-0.3, -0.25) is 9.69 Å². The molecule has 1 fully saturated rings. The lowest BCUT2D eigenvalue weighted by molar-refractivity contribution is -0.135. The van der Waals surface area contributed by atoms with Gasteiger partial charge in [-0.05, 0) is 13.3 Å². The van der Waals surface area contributed by atoms with Gasteiger partial charge >= 0.3 is 6.09 Å². The predicted molar refractivity (Wildman–Crippen MR) is 83.4 cm³/mol. The highest BCUT2D eigenvalue weighted by molar-refractivity contribution is 5.90. The van der Waals surface area contributed by atoms with Gasteiger partial charge in [-0.1, -0.05) is 58.3 Å². The van der Waals surface area contributed by atoms with Crippen LogP contribution in [0.4, 0.5) is 4.79 Å². The topological polar surface area (TPSA) is 69.6 Å². The molecule has 0 aromatic carbocycles. The van der Waals surface area contributed by atoms with Gasteiger partial charge in [-0.25, -0.2) is 4.79 Å². The Morgan fingerprint density at radius 3 is 2.33 bits per heavy atom. The number of amides is 2. The largest absolute Gasteiger partial charge is 0.465 e. The summed E-state index contributed by atoms with van der Waals surface area (Å²) in [5.41, 5.74) is -0.897. The van der Waals surface area contributed by atoms with E-state index < -0.39 is 11.6 Å². The lowest BCUT2D eigenvalue weighted by atomic mass is 9.89. The number of carbonyl (C=O) groups excluding carboxylic acids is 1. The molecule has 21 heavy (non-hydrogen) atoms. The number of nitrogens with zero attached hydrogens (tertiary/aromatic N) is 1. The van der Waals surface area contributed by atoms with Crippen molar-refractivity contribution >= 4 is 12.0 Å². The molecule has 2 N–H and O–H groups in total. The van der Waals surface area contributed by atoms with E-state index in [4.69, 9.17) is 0 Å². The van der Waals surface area contributed by atoms with E-state index in [9.17, 15) is 14.7 Å². The predicted octanol–water partition coefficient (Wildman–Crippen LogP) is 3.39. The van der Waals surface area contributed by atoms with E-state index in [0.717, 1.165) is 12.8 Å². The van der Waals surface area contributed by atoms with Crippen molar-refractivity contribution in [1.82, 2.24) is 10.2 Å². The van der Waals surface area contributed by atoms with Crippen molar-refractivity contribution in [1.29, 1.82) is 0 Å². The Morgan fingerprint density at radius 1 is 1.19 bits per heavy atom. The van der Waals surface area contributed by atoms with Crippen molar-refractivity contribution in [2.24, 2.45) is 0 Å². The van der Waals surface area contributed by atoms with Crippen LogP contribution in [-0.4, -0.2) is 40.6 Å². The van der Waals surface area contributed by atoms with E-state index in [1.54, 1.807) is 6.92 Å². The molecule has 2 amide bonds. The molecule has 5 nitrogen and oxygen atoms in total. The average molecular weight is 298 g/mol. The molecule has 1 rings (SSSR count). The number of nitrogens with one attached hydrogen (secondary N) is 1. The van der Waals surface area contributed by atoms with Gasteiger partial charge in [0.15, 0.2) is 0 Å². The summed E-state index contributed by atoms with van der Waals surface area (Å²) in [6.07, 6.45) is 9.18. The number of hydrogen-bond donors (Lipinski definition) is 2. The highest BCUT2D eigenvalue weighted by Gasteiger charge is 2.44. The molecule has 1 aliphatic heterocycles. The van der Waals surface area contributed by atoms with Crippen LogP contribution in [0.15, 0.2) is 0 Å². The summed E-state index contributed by atoms with van der Waals surface area (Å²) in [5.74, 6) is -0.154. The highest BCUT2D eigenvalue weighted by Crippen LogP contribution is 2.25. The number of carbonyl (C=O) groups is 2. The zero-order valence-corrected chi connectivity index (χ0v) is 13.5. The van der Waals surface area contributed by atoms with Gasteiger partial charge in [0.05, 0.1) is 0 Å². The van der Waals surface area contributed by atoms with Crippen molar-refractivity contribution in [3.8, 4) is 0 Å². The Morgan fingerprint density at radius 2 is 1.76 bits per heavy atom. The standard InChI is InChI=1S/C16H30N2O3/c1-3-4-5-6-7-8-9-10-11-16(2)14(19)17-12-13-18(16)15(20)21/h3-13H2,1-2H3,(H,17,19)(H,20,21). The van der Waals surface area contributed by atoms with E-state index in [0.29, 0.717) is 19.5 Å². The Hall–Kier alpha value is -1.26. The van der Waals surface area contributed by atoms with Crippen LogP contribution >= 0.6 is 0 Å². The van der Waals surface area contributed by atoms with Crippen molar-refractivity contribution in [2.75, 3.05) is 13.1 Å². The van der Waals surface area contributed by atoms with Crippen LogP contribution in [0, 0.1) is 0 Å². The number of piperazine rings is 1. The Bertz CT molecular complexity index is 346. The SMILES string of the molecule is CCCCCCCCCCC1(C)C(=O)NCCN1C(=O)O. The fraction of sp³-hybridized carbons (Fsp3) is 0.875. The summed E-state index contributed by atoms with van der Waals surface area (Å²) in [5, 5.41) is 12.0. The molecule has 0 spiro atoms. The van der Waals surface area contributed by atoms with Crippen LogP contribution in [0.25, 0.3) is 0 Å². The lowest BCUT2D eigenvalue weighted by Gasteiger charge is -2.42. The number of rotatable bonds is 9. The van der Waals surface area contributed by atoms with Crippen LogP contribution in [0.5, 0.6) is 0 Å². The molecule has 0 aliphatic carbocycles. The molecule has 1 saturated heterocycles. The summed E-state index contributed by atoms with van der Waals surface area (Å²) in [4.78, 5) is 24.6. The van der Waals surface area contributed by atoms with Gasteiger partial charge in [0.2, 0.25) is 5.91 Å². The minimum atomic E-state index is -0.994. The van der Waals surface area contributed by atoms with Crippen molar-refractivity contribution in [3.63, 3.8) is 0 Å². The molecule has 0 saturated carbocycles. The number of unbranched alkanes of at least 4 members (excludes halogenated alkanes) is 7. The molecule has 1 atom stereocenters. The maximum atomic E-state index is 12.1. The molecule has 0 bridgehead atoms. The third kappa shape index (κ3) is 5.21. The molecule has 1 aliphatic rings. The average Bonchev–Trinajstić information content (AvgIpc) is 2.44. The first kappa shape index (κ1) is 17.8. The Balaban J connectivity index is 2.30. The van der Waals surface area contributed by atoms with E-state index in [2.05, 4.69) is 12.2 Å². The third-order valence-electron chi connectivity index (χ3n) is 4.45. The summed E-state index contributed by atoms with van der Waals surface area (Å²) in [6.45, 7) is 4.76. The molecule has 0 radical (unpaired) electrons. The van der Waals surface area contributed by atoms with Gasteiger partial charge < -0.3 is 10.4 Å². The quantitative estimate of drug-likeness (QED) is 0.641. The molecule has 0 aromatic rings. The molecular weight excluding hydrogens is 268 g/mol. The molecule has 0 aromatic heterocycles. The van der Waals surface area contributed by atoms with Crippen LogP contribution in [-0.2, 0) is 4.79 Å². The van der Waals surface area contributed by atoms with Gasteiger partial charge in [-0.2, -0.15) is 0 Å². The number of carboxylic acid groups (broad SMARTS) is 1. The summed E-state index contributed by atoms with van der Waals surface area (Å²) >= 11 is 0. The molecule has 1 heterocycles. The fourth-order valence-corrected chi connectivity index (χ4v) is 3.00. The first-order valence-corrected chi connectivity index (χ1v) is 8.31. The van der Waals surface area contributed by atoms with E-state index in [1.807, 2.05) is 0 Å². The minimum absolute atomic E-state index is 0.154. The Kier molecular flexibility index (Phi) is 7.54. The lowest BCUT2D eigenvalue weighted by Crippen LogP contribution is -2.64. The van der Waals surface area contributed by atoms with Crippen LogP contribution in [0.1, 0.15) is 71.6 Å². The van der Waals surface area contributed by atoms with Gasteiger partial charge in [0.1, 0.15) is 5.54 Å². The monoisotopic (exact) mass is 298 g/mol. The van der Waals surface area contributed by atoms with E-state index in [1.165, 1.54) is 43.4 Å². The zero-order valence-electron chi connectivity index (χ0n) is 13.5. The second-order valence-corrected chi connectivity index (χ2v) is 6.19. The maximum absolute atomic E-state index is 12.1. The van der Waals surface area contributed by atoms with Gasteiger partial charge in [-0.15, -0.1) is 0 Å². The van der Waals surface area contributed by atoms with Crippen LogP contribution in [0.3, 0.4) is 0 Å². The first-order valence-electron chi connectivity index (χ1n) is 8.31. The third-order valence-corrected chi connectivity index (χ3v) is 4.45. The summed E-state index contributed by atoms with van der Waals surface area (Å²) in [7, 11) is 0. The highest BCUT2D eigenvalue weighted by atomic mass is 16.4. The minimum Gasteiger partial charge on any atom is -0.465 e. The molecule has 5 heteroatoms. The number of hydrogen-bond acceptors (Lipinski definition) is 2. The van der Waals surface area contributed by atoms with Crippen molar-refractivity contribution in [3.05, 3.63) is 0 Å². The van der Waals surface area contributed by atoms with Crippen LogP contribution < -0.4 is 5.32 Å². The van der Waals surface area contributed by atoms with Gasteiger partial charge in [0, 0.05) is 13.1 Å². The maximum Gasteiger partial charge on any atom is 0.408 e. The normalized spacial score (nSPS) is 22.2. The summed E-state index contributed by atoms with van der Waals surface area (Å²) < 4.78 is 0. The van der Waals surface area contributed by atoms with Crippen molar-refractivity contribution in [2.45, 2.75) is 77.2 Å². The molecule has 122 valence electrons. The van der Waals surface area contributed by atoms with Crippen LogP contribution in [0.2, 0.25) is 0 Å². The first-order chi connectivity index (χ1) is 10.0.